The summed E-state index contributed by atoms with van der Waals surface area (Å²) in [4.78, 5) is 11.7. The van der Waals surface area contributed by atoms with Crippen LogP contribution in [0.25, 0.3) is 0 Å². The van der Waals surface area contributed by atoms with Crippen molar-refractivity contribution >= 4 is 43.7 Å². The van der Waals surface area contributed by atoms with Crippen LogP contribution in [0.4, 0.5) is 11.4 Å². The van der Waals surface area contributed by atoms with E-state index in [9.17, 15) is 21.6 Å². The van der Waals surface area contributed by atoms with Crippen LogP contribution in [0.3, 0.4) is 0 Å². The molecule has 1 aliphatic rings. The Bertz CT molecular complexity index is 1170. The van der Waals surface area contributed by atoms with Crippen molar-refractivity contribution in [2.24, 2.45) is 15.3 Å². The van der Waals surface area contributed by atoms with Gasteiger partial charge in [0, 0.05) is 0 Å². The molecule has 3 rings (SSSR count). The molecule has 0 aliphatic carbocycles. The van der Waals surface area contributed by atoms with Crippen molar-refractivity contribution in [3.05, 3.63) is 48.5 Å². The number of azo groups is 1. The molecular formula is C15H12N4O7S2. The van der Waals surface area contributed by atoms with Crippen LogP contribution in [-0.4, -0.2) is 44.1 Å². The third-order valence-electron chi connectivity index (χ3n) is 3.60. The van der Waals surface area contributed by atoms with Gasteiger partial charge >= 0.3 is 0 Å². The van der Waals surface area contributed by atoms with Crippen LogP contribution in [0.1, 0.15) is 0 Å². The fraction of sp³-hybridized carbons (Fsp3) is 0.0667. The fourth-order valence-corrected chi connectivity index (χ4v) is 3.18. The molecule has 1 unspecified atom stereocenters. The Kier molecular flexibility index (Phi) is 5.08. The van der Waals surface area contributed by atoms with Crippen molar-refractivity contribution in [3.8, 4) is 0 Å². The highest BCUT2D eigenvalue weighted by Gasteiger charge is 2.30. The molecule has 0 bridgehead atoms. The summed E-state index contributed by atoms with van der Waals surface area (Å²) < 4.78 is 62.0. The second kappa shape index (κ2) is 7.20. The second-order valence-electron chi connectivity index (χ2n) is 5.51. The predicted octanol–water partition coefficient (Wildman–Crippen LogP) is 1.66. The summed E-state index contributed by atoms with van der Waals surface area (Å²) >= 11 is 0. The molecule has 11 nitrogen and oxygen atoms in total. The maximum absolute atomic E-state index is 12.4. The van der Waals surface area contributed by atoms with E-state index in [4.69, 9.17) is 9.11 Å². The maximum Gasteiger partial charge on any atom is 0.294 e. The number of hydrogen-bond donors (Lipinski definition) is 2. The van der Waals surface area contributed by atoms with Crippen LogP contribution in [-0.2, 0) is 25.0 Å². The number of hydrazone groups is 1. The van der Waals surface area contributed by atoms with Crippen molar-refractivity contribution in [1.82, 2.24) is 0 Å². The zero-order chi connectivity index (χ0) is 20.5. The molecule has 13 heteroatoms. The lowest BCUT2D eigenvalue weighted by Gasteiger charge is -2.12. The largest absolute Gasteiger partial charge is 0.294 e. The number of hydrogen-bond acceptors (Lipinski definition) is 8. The lowest BCUT2D eigenvalue weighted by atomic mass is 10.3. The highest BCUT2D eigenvalue weighted by molar-refractivity contribution is 7.86. The van der Waals surface area contributed by atoms with Crippen LogP contribution in [0, 0.1) is 0 Å². The minimum atomic E-state index is -4.35. The van der Waals surface area contributed by atoms with Crippen molar-refractivity contribution in [2.45, 2.75) is 15.8 Å². The van der Waals surface area contributed by atoms with Gasteiger partial charge in [0.2, 0.25) is 0 Å². The van der Waals surface area contributed by atoms with E-state index in [1.54, 1.807) is 0 Å². The smallest absolute Gasteiger partial charge is 0.282 e. The fourth-order valence-electron chi connectivity index (χ4n) is 2.22. The quantitative estimate of drug-likeness (QED) is 0.544. The molecule has 0 radical (unpaired) electrons. The topological polar surface area (TPSA) is 166 Å². The first-order valence-electron chi connectivity index (χ1n) is 7.50. The first-order valence-corrected chi connectivity index (χ1v) is 10.4. The molecular weight excluding hydrogens is 412 g/mol. The number of benzene rings is 2. The molecule has 0 spiro atoms. The Morgan fingerprint density at radius 1 is 0.857 bits per heavy atom. The summed E-state index contributed by atoms with van der Waals surface area (Å²) in [5.74, 6) is -0.544. The normalized spacial score (nSPS) is 17.6. The van der Waals surface area contributed by atoms with Gasteiger partial charge in [-0.25, -0.2) is 0 Å². The van der Waals surface area contributed by atoms with E-state index >= 15 is 0 Å². The van der Waals surface area contributed by atoms with Gasteiger partial charge in [0.05, 0.1) is 27.4 Å². The van der Waals surface area contributed by atoms with Crippen molar-refractivity contribution in [2.75, 3.05) is 5.01 Å². The Hall–Kier alpha value is -3.00. The summed E-state index contributed by atoms with van der Waals surface area (Å²) in [5.41, 5.74) is 0.522. The first-order chi connectivity index (χ1) is 13.1. The van der Waals surface area contributed by atoms with Crippen LogP contribution in [0.15, 0.2) is 73.7 Å². The molecule has 2 aromatic carbocycles. The van der Waals surface area contributed by atoms with E-state index in [1.807, 2.05) is 0 Å². The summed E-state index contributed by atoms with van der Waals surface area (Å²) in [7, 11) is -8.66. The van der Waals surface area contributed by atoms with E-state index in [-0.39, 0.29) is 21.2 Å². The predicted molar refractivity (Wildman–Crippen MR) is 96.8 cm³/mol. The van der Waals surface area contributed by atoms with Crippen LogP contribution in [0.5, 0.6) is 0 Å². The van der Waals surface area contributed by atoms with Gasteiger partial charge in [-0.15, -0.1) is 0 Å². The molecule has 1 amide bonds. The maximum atomic E-state index is 12.4. The van der Waals surface area contributed by atoms with Gasteiger partial charge < -0.3 is 0 Å². The van der Waals surface area contributed by atoms with Gasteiger partial charge in [-0.05, 0) is 48.5 Å². The number of carbonyl (C=O) groups is 1. The van der Waals surface area contributed by atoms with Gasteiger partial charge in [0.15, 0.2) is 6.04 Å². The van der Waals surface area contributed by atoms with Gasteiger partial charge in [0.1, 0.15) is 0 Å². The molecule has 28 heavy (non-hydrogen) atoms. The number of anilines is 1. The van der Waals surface area contributed by atoms with Crippen LogP contribution in [0.2, 0.25) is 0 Å². The van der Waals surface area contributed by atoms with Gasteiger partial charge in [0.25, 0.3) is 26.1 Å². The van der Waals surface area contributed by atoms with Crippen LogP contribution < -0.4 is 5.01 Å². The summed E-state index contributed by atoms with van der Waals surface area (Å²) in [6.45, 7) is 0. The standard InChI is InChI=1S/C15H12N4O7S2/c20-15-14(18-17-10-1-5-12(6-2-10)27(21,22)23)9-16-19(15)11-3-7-13(8-4-11)28(24,25)26/h1-9,14H,(H,21,22,23)(H,24,25,26). The molecule has 0 aromatic heterocycles. The van der Waals surface area contributed by atoms with E-state index < -0.39 is 32.2 Å². The third-order valence-corrected chi connectivity index (χ3v) is 5.33. The highest BCUT2D eigenvalue weighted by Crippen LogP contribution is 2.23. The van der Waals surface area contributed by atoms with Crippen LogP contribution >= 0.6 is 0 Å². The third kappa shape index (κ3) is 4.28. The molecule has 1 aliphatic heterocycles. The van der Waals surface area contributed by atoms with Gasteiger partial charge in [-0.3, -0.25) is 13.9 Å². The summed E-state index contributed by atoms with van der Waals surface area (Å²) in [6, 6.07) is 8.69. The average molecular weight is 424 g/mol. The minimum Gasteiger partial charge on any atom is -0.282 e. The molecule has 1 heterocycles. The lowest BCUT2D eigenvalue weighted by Crippen LogP contribution is -2.28. The van der Waals surface area contributed by atoms with E-state index in [0.29, 0.717) is 0 Å². The second-order valence-corrected chi connectivity index (χ2v) is 8.36. The number of nitrogens with zero attached hydrogens (tertiary/aromatic N) is 4. The Morgan fingerprint density at radius 3 is 1.86 bits per heavy atom. The van der Waals surface area contributed by atoms with Crippen molar-refractivity contribution in [3.63, 3.8) is 0 Å². The number of rotatable bonds is 5. The Labute approximate surface area is 159 Å². The molecule has 0 saturated carbocycles. The average Bonchev–Trinajstić information content (AvgIpc) is 2.99. The first kappa shape index (κ1) is 19.8. The van der Waals surface area contributed by atoms with Gasteiger partial charge in [-0.2, -0.15) is 37.2 Å². The molecule has 2 aromatic rings. The SMILES string of the molecule is O=C1C(N=Nc2ccc(S(=O)(=O)O)cc2)C=NN1c1ccc(S(=O)(=O)O)cc1. The molecule has 2 N–H and O–H groups in total. The highest BCUT2D eigenvalue weighted by atomic mass is 32.2. The monoisotopic (exact) mass is 424 g/mol. The molecule has 146 valence electrons. The van der Waals surface area contributed by atoms with Crippen molar-refractivity contribution < 1.29 is 30.7 Å². The zero-order valence-corrected chi connectivity index (χ0v) is 15.4. The molecule has 0 fully saturated rings. The van der Waals surface area contributed by atoms with E-state index in [2.05, 4.69) is 15.3 Å². The summed E-state index contributed by atoms with van der Waals surface area (Å²) in [5, 5.41) is 12.6. The Morgan fingerprint density at radius 2 is 1.36 bits per heavy atom. The molecule has 0 saturated heterocycles. The van der Waals surface area contributed by atoms with Crippen molar-refractivity contribution in [1.29, 1.82) is 0 Å². The summed E-state index contributed by atoms with van der Waals surface area (Å²) in [6.07, 6.45) is 1.23. The Balaban J connectivity index is 1.72. The van der Waals surface area contributed by atoms with E-state index in [0.717, 1.165) is 29.3 Å². The zero-order valence-electron chi connectivity index (χ0n) is 13.8. The van der Waals surface area contributed by atoms with E-state index in [1.165, 1.54) is 30.5 Å². The number of carbonyl (C=O) groups excluding carboxylic acids is 1. The minimum absolute atomic E-state index is 0.254. The lowest BCUT2D eigenvalue weighted by molar-refractivity contribution is -0.117. The van der Waals surface area contributed by atoms with Gasteiger partial charge in [-0.1, -0.05) is 0 Å². The number of amides is 1. The molecule has 1 atom stereocenters.